The quantitative estimate of drug-likeness (QED) is 0.663. The summed E-state index contributed by atoms with van der Waals surface area (Å²) in [5.74, 6) is 0.0750. The monoisotopic (exact) mass is 243 g/mol. The van der Waals surface area contributed by atoms with Crippen molar-refractivity contribution in [1.29, 1.82) is 0 Å². The molecule has 1 aromatic carbocycles. The summed E-state index contributed by atoms with van der Waals surface area (Å²) in [6.07, 6.45) is 2.04. The lowest BCUT2D eigenvalue weighted by Crippen LogP contribution is -2.14. The summed E-state index contributed by atoms with van der Waals surface area (Å²) < 4.78 is 1.75. The summed E-state index contributed by atoms with van der Waals surface area (Å²) in [5.41, 5.74) is 7.94. The lowest BCUT2D eigenvalue weighted by Gasteiger charge is -2.10. The van der Waals surface area contributed by atoms with Gasteiger partial charge in [-0.05, 0) is 37.6 Å². The Balaban J connectivity index is 2.17. The fourth-order valence-electron chi connectivity index (χ4n) is 1.86. The highest BCUT2D eigenvalue weighted by molar-refractivity contribution is 5.96. The zero-order chi connectivity index (χ0) is 13.1. The summed E-state index contributed by atoms with van der Waals surface area (Å²) in [6, 6.07) is 9.32. The molecule has 0 aliphatic heterocycles. The van der Waals surface area contributed by atoms with Crippen LogP contribution in [0, 0.1) is 0 Å². The summed E-state index contributed by atoms with van der Waals surface area (Å²) in [6.45, 7) is 4.01. The average molecular weight is 243 g/mol. The molecule has 1 aromatic heterocycles. The molecule has 0 saturated carbocycles. The van der Waals surface area contributed by atoms with Crippen molar-refractivity contribution in [3.05, 3.63) is 47.8 Å². The van der Waals surface area contributed by atoms with Crippen LogP contribution in [0.1, 0.15) is 35.9 Å². The van der Waals surface area contributed by atoms with Crippen molar-refractivity contribution in [2.45, 2.75) is 26.3 Å². The van der Waals surface area contributed by atoms with Gasteiger partial charge in [0.25, 0.3) is 0 Å². The molecule has 94 valence electrons. The maximum atomic E-state index is 12.2. The first-order valence-corrected chi connectivity index (χ1v) is 5.99. The topological polar surface area (TPSA) is 60.9 Å². The van der Waals surface area contributed by atoms with Crippen LogP contribution < -0.4 is 5.73 Å². The first-order valence-electron chi connectivity index (χ1n) is 5.99. The minimum atomic E-state index is 0.0750. The number of ketones is 1. The number of hydrogen-bond donors (Lipinski definition) is 1. The molecule has 0 unspecified atom stereocenters. The Labute approximate surface area is 106 Å². The number of rotatable bonds is 4. The molecule has 0 aliphatic rings. The highest BCUT2D eigenvalue weighted by Crippen LogP contribution is 2.13. The van der Waals surface area contributed by atoms with E-state index in [1.165, 1.54) is 0 Å². The Morgan fingerprint density at radius 3 is 2.56 bits per heavy atom. The molecule has 4 heteroatoms. The van der Waals surface area contributed by atoms with Crippen LogP contribution in [-0.2, 0) is 6.42 Å². The van der Waals surface area contributed by atoms with Gasteiger partial charge in [-0.25, -0.2) is 0 Å². The van der Waals surface area contributed by atoms with E-state index in [9.17, 15) is 4.79 Å². The number of carbonyl (C=O) groups is 1. The van der Waals surface area contributed by atoms with E-state index in [-0.39, 0.29) is 11.8 Å². The van der Waals surface area contributed by atoms with Crippen molar-refractivity contribution in [2.75, 3.05) is 5.73 Å². The van der Waals surface area contributed by atoms with E-state index in [4.69, 9.17) is 5.73 Å². The van der Waals surface area contributed by atoms with Crippen molar-refractivity contribution in [3.63, 3.8) is 0 Å². The maximum absolute atomic E-state index is 12.2. The van der Waals surface area contributed by atoms with Gasteiger partial charge in [-0.3, -0.25) is 9.48 Å². The Morgan fingerprint density at radius 2 is 1.94 bits per heavy atom. The lowest BCUT2D eigenvalue weighted by molar-refractivity contribution is 0.0981. The van der Waals surface area contributed by atoms with E-state index < -0.39 is 0 Å². The van der Waals surface area contributed by atoms with Crippen molar-refractivity contribution < 1.29 is 4.79 Å². The first-order chi connectivity index (χ1) is 8.58. The predicted octanol–water partition coefficient (Wildman–Crippen LogP) is 2.47. The van der Waals surface area contributed by atoms with Crippen LogP contribution in [0.4, 0.5) is 5.69 Å². The number of carbonyl (C=O) groups excluding carboxylic acids is 1. The Kier molecular flexibility index (Phi) is 3.46. The van der Waals surface area contributed by atoms with E-state index >= 15 is 0 Å². The fraction of sp³-hybridized carbons (Fsp3) is 0.286. The molecule has 0 atom stereocenters. The summed E-state index contributed by atoms with van der Waals surface area (Å²) in [7, 11) is 0. The number of hydrogen-bond acceptors (Lipinski definition) is 3. The zero-order valence-corrected chi connectivity index (χ0v) is 10.6. The minimum absolute atomic E-state index is 0.0750. The van der Waals surface area contributed by atoms with Crippen molar-refractivity contribution in [3.8, 4) is 0 Å². The standard InChI is InChI=1S/C14H17N3O/c1-10(2)17-13(7-8-16-17)14(18)9-11-3-5-12(15)6-4-11/h3-8,10H,9,15H2,1-2H3. The average Bonchev–Trinajstić information content (AvgIpc) is 2.81. The molecule has 0 spiro atoms. The smallest absolute Gasteiger partial charge is 0.185 e. The van der Waals surface area contributed by atoms with Gasteiger partial charge in [0.1, 0.15) is 5.69 Å². The molecule has 2 rings (SSSR count). The number of nitrogens with two attached hydrogens (primary N) is 1. The molecular formula is C14H17N3O. The first kappa shape index (κ1) is 12.4. The van der Waals surface area contributed by atoms with Gasteiger partial charge in [0.15, 0.2) is 5.78 Å². The number of aromatic nitrogens is 2. The summed E-state index contributed by atoms with van der Waals surface area (Å²) in [4.78, 5) is 12.2. The molecule has 0 saturated heterocycles. The van der Waals surface area contributed by atoms with Gasteiger partial charge < -0.3 is 5.73 Å². The highest BCUT2D eigenvalue weighted by atomic mass is 16.1. The van der Waals surface area contributed by atoms with Crippen molar-refractivity contribution in [1.82, 2.24) is 9.78 Å². The van der Waals surface area contributed by atoms with Gasteiger partial charge in [-0.15, -0.1) is 0 Å². The van der Waals surface area contributed by atoms with E-state index in [1.54, 1.807) is 16.9 Å². The van der Waals surface area contributed by atoms with Crippen LogP contribution in [-0.4, -0.2) is 15.6 Å². The van der Waals surface area contributed by atoms with Crippen LogP contribution in [0.5, 0.6) is 0 Å². The fourth-order valence-corrected chi connectivity index (χ4v) is 1.86. The number of nitrogens with zero attached hydrogens (tertiary/aromatic N) is 2. The number of Topliss-reactive ketones (excluding diaryl/α,β-unsaturated/α-hetero) is 1. The Hall–Kier alpha value is -2.10. The largest absolute Gasteiger partial charge is 0.399 e. The van der Waals surface area contributed by atoms with Crippen molar-refractivity contribution in [2.24, 2.45) is 0 Å². The van der Waals surface area contributed by atoms with Crippen LogP contribution in [0.3, 0.4) is 0 Å². The molecule has 2 aromatic rings. The van der Waals surface area contributed by atoms with Gasteiger partial charge >= 0.3 is 0 Å². The van der Waals surface area contributed by atoms with E-state index in [0.29, 0.717) is 17.8 Å². The molecule has 0 aliphatic carbocycles. The second-order valence-corrected chi connectivity index (χ2v) is 4.60. The van der Waals surface area contributed by atoms with E-state index in [0.717, 1.165) is 5.56 Å². The maximum Gasteiger partial charge on any atom is 0.185 e. The lowest BCUT2D eigenvalue weighted by atomic mass is 10.1. The minimum Gasteiger partial charge on any atom is -0.399 e. The molecular weight excluding hydrogens is 226 g/mol. The van der Waals surface area contributed by atoms with Crippen LogP contribution in [0.2, 0.25) is 0 Å². The van der Waals surface area contributed by atoms with Gasteiger partial charge in [0.2, 0.25) is 0 Å². The van der Waals surface area contributed by atoms with Crippen LogP contribution in [0.25, 0.3) is 0 Å². The number of anilines is 1. The van der Waals surface area contributed by atoms with Gasteiger partial charge in [-0.1, -0.05) is 12.1 Å². The van der Waals surface area contributed by atoms with E-state index in [2.05, 4.69) is 5.10 Å². The van der Waals surface area contributed by atoms with Crippen molar-refractivity contribution >= 4 is 11.5 Å². The Morgan fingerprint density at radius 1 is 1.28 bits per heavy atom. The number of benzene rings is 1. The summed E-state index contributed by atoms with van der Waals surface area (Å²) >= 11 is 0. The predicted molar refractivity (Wildman–Crippen MR) is 71.5 cm³/mol. The molecule has 0 amide bonds. The molecule has 0 fully saturated rings. The van der Waals surface area contributed by atoms with Crippen LogP contribution >= 0.6 is 0 Å². The molecule has 2 N–H and O–H groups in total. The zero-order valence-electron chi connectivity index (χ0n) is 10.6. The second-order valence-electron chi connectivity index (χ2n) is 4.60. The molecule has 0 bridgehead atoms. The second kappa shape index (κ2) is 5.04. The highest BCUT2D eigenvalue weighted by Gasteiger charge is 2.14. The third-order valence-corrected chi connectivity index (χ3v) is 2.79. The summed E-state index contributed by atoms with van der Waals surface area (Å²) in [5, 5.41) is 4.17. The Bertz CT molecular complexity index is 540. The molecule has 4 nitrogen and oxygen atoms in total. The van der Waals surface area contributed by atoms with Gasteiger partial charge in [0.05, 0.1) is 0 Å². The SMILES string of the molecule is CC(C)n1nccc1C(=O)Cc1ccc(N)cc1. The third-order valence-electron chi connectivity index (χ3n) is 2.79. The number of nitrogen functional groups attached to an aromatic ring is 1. The third kappa shape index (κ3) is 2.59. The van der Waals surface area contributed by atoms with Gasteiger partial charge in [0, 0.05) is 24.3 Å². The van der Waals surface area contributed by atoms with E-state index in [1.807, 2.05) is 38.1 Å². The molecule has 1 heterocycles. The van der Waals surface area contributed by atoms with Gasteiger partial charge in [-0.2, -0.15) is 5.10 Å². The van der Waals surface area contributed by atoms with Crippen LogP contribution in [0.15, 0.2) is 36.5 Å². The molecule has 0 radical (unpaired) electrons. The molecule has 18 heavy (non-hydrogen) atoms. The normalized spacial score (nSPS) is 10.8.